The number of fused-ring (bicyclic) bond motifs is 1. The highest BCUT2D eigenvalue weighted by Gasteiger charge is 2.36. The molecule has 17 heavy (non-hydrogen) atoms. The number of hydrogen-bond acceptors (Lipinski definition) is 5. The second kappa shape index (κ2) is 4.21. The first-order valence-corrected chi connectivity index (χ1v) is 5.31. The van der Waals surface area contributed by atoms with Crippen molar-refractivity contribution in [3.05, 3.63) is 28.3 Å². The second-order valence-corrected chi connectivity index (χ2v) is 4.05. The third kappa shape index (κ3) is 2.31. The van der Waals surface area contributed by atoms with E-state index in [-0.39, 0.29) is 12.3 Å². The van der Waals surface area contributed by atoms with E-state index in [1.807, 2.05) is 0 Å². The average molecular weight is 239 g/mol. The molecular weight excluding hydrogens is 226 g/mol. The molecule has 0 bridgehead atoms. The SMILES string of the molecule is CC1(CCCO)Oc2ccc([N+](=O)[O-])cc2O1. The number of hydrogen-bond donors (Lipinski definition) is 1. The molecular formula is C11H13NO5. The fraction of sp³-hybridized carbons (Fsp3) is 0.455. The number of aliphatic hydroxyl groups is 1. The molecule has 1 unspecified atom stereocenters. The van der Waals surface area contributed by atoms with Crippen molar-refractivity contribution in [2.45, 2.75) is 25.6 Å². The summed E-state index contributed by atoms with van der Waals surface area (Å²) in [4.78, 5) is 10.1. The first kappa shape index (κ1) is 11.7. The molecule has 0 radical (unpaired) electrons. The van der Waals surface area contributed by atoms with Crippen LogP contribution in [0, 0.1) is 10.1 Å². The Balaban J connectivity index is 2.18. The standard InChI is InChI=1S/C11H13NO5/c1-11(5-2-6-13)16-9-4-3-8(12(14)15)7-10(9)17-11/h3-4,7,13H,2,5-6H2,1H3. The molecule has 1 aromatic rings. The van der Waals surface area contributed by atoms with Gasteiger partial charge in [-0.3, -0.25) is 10.1 Å². The van der Waals surface area contributed by atoms with Crippen LogP contribution in [-0.4, -0.2) is 22.4 Å². The van der Waals surface area contributed by atoms with Gasteiger partial charge in [-0.1, -0.05) is 0 Å². The Hall–Kier alpha value is -1.82. The van der Waals surface area contributed by atoms with Gasteiger partial charge < -0.3 is 14.6 Å². The molecule has 0 amide bonds. The predicted molar refractivity (Wildman–Crippen MR) is 59.1 cm³/mol. The molecule has 0 aromatic heterocycles. The van der Waals surface area contributed by atoms with Gasteiger partial charge in [-0.15, -0.1) is 0 Å². The summed E-state index contributed by atoms with van der Waals surface area (Å²) in [5, 5.41) is 19.4. The van der Waals surface area contributed by atoms with E-state index in [1.54, 1.807) is 6.92 Å². The van der Waals surface area contributed by atoms with Crippen LogP contribution < -0.4 is 9.47 Å². The monoisotopic (exact) mass is 239 g/mol. The van der Waals surface area contributed by atoms with Crippen LogP contribution in [0.2, 0.25) is 0 Å². The van der Waals surface area contributed by atoms with Crippen LogP contribution in [0.3, 0.4) is 0 Å². The third-order valence-corrected chi connectivity index (χ3v) is 2.58. The summed E-state index contributed by atoms with van der Waals surface area (Å²) < 4.78 is 11.1. The van der Waals surface area contributed by atoms with Gasteiger partial charge in [0, 0.05) is 26.0 Å². The lowest BCUT2D eigenvalue weighted by molar-refractivity contribution is -0.384. The minimum absolute atomic E-state index is 0.0289. The summed E-state index contributed by atoms with van der Waals surface area (Å²) in [6.45, 7) is 1.80. The highest BCUT2D eigenvalue weighted by Crippen LogP contribution is 2.42. The van der Waals surface area contributed by atoms with Crippen LogP contribution in [0.5, 0.6) is 11.5 Å². The van der Waals surface area contributed by atoms with Gasteiger partial charge in [0.25, 0.3) is 5.69 Å². The maximum Gasteiger partial charge on any atom is 0.273 e. The summed E-state index contributed by atoms with van der Waals surface area (Å²) in [7, 11) is 0. The van der Waals surface area contributed by atoms with Crippen molar-refractivity contribution >= 4 is 5.69 Å². The van der Waals surface area contributed by atoms with E-state index < -0.39 is 10.7 Å². The summed E-state index contributed by atoms with van der Waals surface area (Å²) >= 11 is 0. The zero-order chi connectivity index (χ0) is 12.5. The van der Waals surface area contributed by atoms with Gasteiger partial charge in [0.05, 0.1) is 11.0 Å². The van der Waals surface area contributed by atoms with E-state index in [0.717, 1.165) is 0 Å². The van der Waals surface area contributed by atoms with Gasteiger partial charge in [0.2, 0.25) is 5.79 Å². The lowest BCUT2D eigenvalue weighted by Crippen LogP contribution is -2.34. The summed E-state index contributed by atoms with van der Waals surface area (Å²) in [5.41, 5.74) is -0.0289. The molecule has 6 heteroatoms. The molecule has 0 aliphatic carbocycles. The van der Waals surface area contributed by atoms with Crippen LogP contribution in [0.4, 0.5) is 5.69 Å². The van der Waals surface area contributed by atoms with E-state index in [9.17, 15) is 10.1 Å². The lowest BCUT2D eigenvalue weighted by Gasteiger charge is -2.22. The molecule has 1 atom stereocenters. The zero-order valence-corrected chi connectivity index (χ0v) is 9.38. The Kier molecular flexibility index (Phi) is 2.89. The maximum atomic E-state index is 10.6. The van der Waals surface area contributed by atoms with E-state index in [2.05, 4.69) is 0 Å². The summed E-state index contributed by atoms with van der Waals surface area (Å²) in [6, 6.07) is 4.25. The molecule has 1 aliphatic rings. The number of ether oxygens (including phenoxy) is 2. The van der Waals surface area contributed by atoms with E-state index in [1.165, 1.54) is 18.2 Å². The van der Waals surface area contributed by atoms with Crippen molar-refractivity contribution in [2.75, 3.05) is 6.61 Å². The highest BCUT2D eigenvalue weighted by atomic mass is 16.7. The van der Waals surface area contributed by atoms with Crippen molar-refractivity contribution in [1.29, 1.82) is 0 Å². The Morgan fingerprint density at radius 1 is 1.41 bits per heavy atom. The molecule has 0 spiro atoms. The average Bonchev–Trinajstić information content (AvgIpc) is 2.62. The number of rotatable bonds is 4. The Labute approximate surface area is 97.9 Å². The molecule has 0 fully saturated rings. The van der Waals surface area contributed by atoms with Crippen LogP contribution in [0.15, 0.2) is 18.2 Å². The smallest absolute Gasteiger partial charge is 0.273 e. The van der Waals surface area contributed by atoms with Gasteiger partial charge in [-0.25, -0.2) is 0 Å². The van der Waals surface area contributed by atoms with Crippen LogP contribution in [-0.2, 0) is 0 Å². The number of nitro groups is 1. The minimum Gasteiger partial charge on any atom is -0.449 e. The topological polar surface area (TPSA) is 81.8 Å². The maximum absolute atomic E-state index is 10.6. The molecule has 1 aromatic carbocycles. The van der Waals surface area contributed by atoms with Gasteiger partial charge in [0.15, 0.2) is 11.5 Å². The Morgan fingerprint density at radius 2 is 2.12 bits per heavy atom. The van der Waals surface area contributed by atoms with Crippen molar-refractivity contribution < 1.29 is 19.5 Å². The van der Waals surface area contributed by atoms with Crippen molar-refractivity contribution in [1.82, 2.24) is 0 Å². The number of nitrogens with zero attached hydrogens (tertiary/aromatic N) is 1. The van der Waals surface area contributed by atoms with E-state index in [4.69, 9.17) is 14.6 Å². The fourth-order valence-electron chi connectivity index (χ4n) is 1.76. The molecule has 0 saturated carbocycles. The van der Waals surface area contributed by atoms with Gasteiger partial charge in [-0.05, 0) is 12.5 Å². The zero-order valence-electron chi connectivity index (χ0n) is 9.38. The van der Waals surface area contributed by atoms with Gasteiger partial charge in [-0.2, -0.15) is 0 Å². The van der Waals surface area contributed by atoms with E-state index >= 15 is 0 Å². The quantitative estimate of drug-likeness (QED) is 0.640. The van der Waals surface area contributed by atoms with Crippen molar-refractivity contribution in [3.8, 4) is 11.5 Å². The molecule has 1 N–H and O–H groups in total. The molecule has 0 saturated heterocycles. The Bertz CT molecular complexity index is 447. The summed E-state index contributed by atoms with van der Waals surface area (Å²) in [6.07, 6.45) is 1.07. The number of benzene rings is 1. The number of non-ortho nitro benzene ring substituents is 1. The molecule has 1 aliphatic heterocycles. The van der Waals surface area contributed by atoms with Crippen LogP contribution >= 0.6 is 0 Å². The number of nitro benzene ring substituents is 1. The summed E-state index contributed by atoms with van der Waals surface area (Å²) in [5.74, 6) is 0.0241. The van der Waals surface area contributed by atoms with Crippen LogP contribution in [0.1, 0.15) is 19.8 Å². The lowest BCUT2D eigenvalue weighted by atomic mass is 10.2. The second-order valence-electron chi connectivity index (χ2n) is 4.05. The van der Waals surface area contributed by atoms with E-state index in [0.29, 0.717) is 24.3 Å². The first-order chi connectivity index (χ1) is 8.04. The largest absolute Gasteiger partial charge is 0.449 e. The molecule has 2 rings (SSSR count). The van der Waals surface area contributed by atoms with Gasteiger partial charge >= 0.3 is 0 Å². The third-order valence-electron chi connectivity index (χ3n) is 2.58. The first-order valence-electron chi connectivity index (χ1n) is 5.31. The minimum atomic E-state index is -0.847. The predicted octanol–water partition coefficient (Wildman–Crippen LogP) is 1.85. The van der Waals surface area contributed by atoms with Crippen LogP contribution in [0.25, 0.3) is 0 Å². The Morgan fingerprint density at radius 3 is 2.76 bits per heavy atom. The van der Waals surface area contributed by atoms with Crippen molar-refractivity contribution in [2.24, 2.45) is 0 Å². The highest BCUT2D eigenvalue weighted by molar-refractivity contribution is 5.50. The molecule has 1 heterocycles. The molecule has 92 valence electrons. The fourth-order valence-corrected chi connectivity index (χ4v) is 1.76. The van der Waals surface area contributed by atoms with Gasteiger partial charge in [0.1, 0.15) is 0 Å². The normalized spacial score (nSPS) is 21.5. The number of aliphatic hydroxyl groups excluding tert-OH is 1. The molecule has 6 nitrogen and oxygen atoms in total. The van der Waals surface area contributed by atoms with Crippen molar-refractivity contribution in [3.63, 3.8) is 0 Å².